The van der Waals surface area contributed by atoms with Crippen molar-refractivity contribution in [1.29, 1.82) is 0 Å². The standard InChI is InChI=1S/C12H7ClF4N2O/c13-6-3-5(12(15,16)17)4-19-10(6)9-7(14)1-2-8(18)11(9)20/h1-4,20H,18H2. The first-order valence-electron chi connectivity index (χ1n) is 5.22. The Labute approximate surface area is 115 Å². The van der Waals surface area contributed by atoms with Gasteiger partial charge in [0.05, 0.1) is 27.5 Å². The van der Waals surface area contributed by atoms with E-state index in [0.717, 1.165) is 12.1 Å². The van der Waals surface area contributed by atoms with E-state index in [1.165, 1.54) is 0 Å². The van der Waals surface area contributed by atoms with Crippen LogP contribution in [0.5, 0.6) is 5.75 Å². The second-order valence-corrected chi connectivity index (χ2v) is 4.32. The number of nitrogens with zero attached hydrogens (tertiary/aromatic N) is 1. The molecule has 1 aromatic heterocycles. The van der Waals surface area contributed by atoms with Gasteiger partial charge in [-0.25, -0.2) is 4.39 Å². The van der Waals surface area contributed by atoms with Crippen LogP contribution < -0.4 is 5.73 Å². The van der Waals surface area contributed by atoms with Gasteiger partial charge in [0.25, 0.3) is 0 Å². The molecule has 106 valence electrons. The Hall–Kier alpha value is -2.02. The summed E-state index contributed by atoms with van der Waals surface area (Å²) < 4.78 is 51.1. The third kappa shape index (κ3) is 2.49. The van der Waals surface area contributed by atoms with E-state index in [1.807, 2.05) is 0 Å². The van der Waals surface area contributed by atoms with Crippen LogP contribution in [0.4, 0.5) is 23.2 Å². The largest absolute Gasteiger partial charge is 0.505 e. The molecular formula is C12H7ClF4N2O. The maximum atomic E-state index is 13.7. The number of alkyl halides is 3. The Bertz CT molecular complexity index is 673. The number of benzene rings is 1. The molecule has 0 amide bonds. The molecule has 3 N–H and O–H groups in total. The van der Waals surface area contributed by atoms with Crippen molar-refractivity contribution in [2.24, 2.45) is 0 Å². The van der Waals surface area contributed by atoms with Crippen LogP contribution in [-0.4, -0.2) is 10.1 Å². The Morgan fingerprint density at radius 1 is 1.25 bits per heavy atom. The van der Waals surface area contributed by atoms with Gasteiger partial charge in [0.2, 0.25) is 0 Å². The predicted molar refractivity (Wildman–Crippen MR) is 65.7 cm³/mol. The highest BCUT2D eigenvalue weighted by Gasteiger charge is 2.32. The molecule has 0 spiro atoms. The van der Waals surface area contributed by atoms with Crippen LogP contribution in [-0.2, 0) is 6.18 Å². The van der Waals surface area contributed by atoms with Gasteiger partial charge in [-0.05, 0) is 18.2 Å². The monoisotopic (exact) mass is 306 g/mol. The van der Waals surface area contributed by atoms with Crippen LogP contribution in [0.1, 0.15) is 5.56 Å². The van der Waals surface area contributed by atoms with E-state index in [0.29, 0.717) is 12.3 Å². The van der Waals surface area contributed by atoms with Crippen molar-refractivity contribution >= 4 is 17.3 Å². The summed E-state index contributed by atoms with van der Waals surface area (Å²) in [6, 6.07) is 2.68. The Morgan fingerprint density at radius 2 is 1.90 bits per heavy atom. The molecule has 0 fully saturated rings. The highest BCUT2D eigenvalue weighted by Crippen LogP contribution is 2.40. The van der Waals surface area contributed by atoms with Crippen LogP contribution in [0.2, 0.25) is 5.02 Å². The summed E-state index contributed by atoms with van der Waals surface area (Å²) in [6.07, 6.45) is -4.12. The van der Waals surface area contributed by atoms with Gasteiger partial charge < -0.3 is 10.8 Å². The van der Waals surface area contributed by atoms with Gasteiger partial charge in [0, 0.05) is 6.20 Å². The maximum absolute atomic E-state index is 13.7. The first-order chi connectivity index (χ1) is 9.21. The lowest BCUT2D eigenvalue weighted by Crippen LogP contribution is -2.06. The molecule has 0 saturated carbocycles. The number of nitrogens with two attached hydrogens (primary N) is 1. The molecular weight excluding hydrogens is 300 g/mol. The van der Waals surface area contributed by atoms with Crippen molar-refractivity contribution in [3.63, 3.8) is 0 Å². The fraction of sp³-hybridized carbons (Fsp3) is 0.0833. The summed E-state index contributed by atoms with van der Waals surface area (Å²) in [5.74, 6) is -1.52. The number of nitrogen functional groups attached to an aromatic ring is 1. The van der Waals surface area contributed by atoms with E-state index in [4.69, 9.17) is 17.3 Å². The molecule has 0 aliphatic carbocycles. The fourth-order valence-electron chi connectivity index (χ4n) is 1.58. The topological polar surface area (TPSA) is 59.1 Å². The molecule has 20 heavy (non-hydrogen) atoms. The second kappa shape index (κ2) is 4.82. The minimum absolute atomic E-state index is 0.140. The van der Waals surface area contributed by atoms with Crippen LogP contribution in [0.25, 0.3) is 11.3 Å². The van der Waals surface area contributed by atoms with E-state index < -0.39 is 33.9 Å². The van der Waals surface area contributed by atoms with Gasteiger partial charge in [-0.1, -0.05) is 11.6 Å². The van der Waals surface area contributed by atoms with Gasteiger partial charge in [-0.15, -0.1) is 0 Å². The number of pyridine rings is 1. The molecule has 0 unspecified atom stereocenters. The molecule has 0 bridgehead atoms. The number of halogens is 5. The lowest BCUT2D eigenvalue weighted by atomic mass is 10.1. The number of aromatic nitrogens is 1. The Balaban J connectivity index is 2.64. The van der Waals surface area contributed by atoms with Crippen LogP contribution >= 0.6 is 11.6 Å². The molecule has 3 nitrogen and oxygen atoms in total. The van der Waals surface area contributed by atoms with E-state index in [1.54, 1.807) is 0 Å². The minimum Gasteiger partial charge on any atom is -0.505 e. The SMILES string of the molecule is Nc1ccc(F)c(-c2ncc(C(F)(F)F)cc2Cl)c1O. The predicted octanol–water partition coefficient (Wildman–Crippen LogP) is 3.85. The number of anilines is 1. The average molecular weight is 307 g/mol. The molecule has 0 radical (unpaired) electrons. The molecule has 2 aromatic rings. The van der Waals surface area contributed by atoms with Crippen molar-refractivity contribution in [3.05, 3.63) is 40.8 Å². The second-order valence-electron chi connectivity index (χ2n) is 3.91. The molecule has 8 heteroatoms. The van der Waals surface area contributed by atoms with Crippen LogP contribution in [0.3, 0.4) is 0 Å². The zero-order valence-electron chi connectivity index (χ0n) is 9.67. The first-order valence-corrected chi connectivity index (χ1v) is 5.59. The van der Waals surface area contributed by atoms with Crippen LogP contribution in [0, 0.1) is 5.82 Å². The van der Waals surface area contributed by atoms with Gasteiger partial charge in [0.15, 0.2) is 5.75 Å². The smallest absolute Gasteiger partial charge is 0.417 e. The summed E-state index contributed by atoms with van der Waals surface area (Å²) in [5, 5.41) is 9.25. The van der Waals surface area contributed by atoms with Crippen molar-refractivity contribution in [3.8, 4) is 17.0 Å². The molecule has 0 aliphatic heterocycles. The number of hydrogen-bond acceptors (Lipinski definition) is 3. The highest BCUT2D eigenvalue weighted by molar-refractivity contribution is 6.33. The molecule has 1 aromatic carbocycles. The summed E-state index contributed by atoms with van der Waals surface area (Å²) in [7, 11) is 0. The molecule has 0 aliphatic rings. The molecule has 1 heterocycles. The lowest BCUT2D eigenvalue weighted by Gasteiger charge is -2.11. The normalized spacial score (nSPS) is 11.7. The van der Waals surface area contributed by atoms with Crippen molar-refractivity contribution < 1.29 is 22.7 Å². The van der Waals surface area contributed by atoms with Gasteiger partial charge in [-0.3, -0.25) is 4.98 Å². The summed E-state index contributed by atoms with van der Waals surface area (Å²) in [4.78, 5) is 3.47. The van der Waals surface area contributed by atoms with E-state index >= 15 is 0 Å². The maximum Gasteiger partial charge on any atom is 0.417 e. The van der Waals surface area contributed by atoms with E-state index in [9.17, 15) is 22.7 Å². The number of phenols is 1. The third-order valence-corrected chi connectivity index (χ3v) is 2.85. The van der Waals surface area contributed by atoms with Crippen LogP contribution in [0.15, 0.2) is 24.4 Å². The number of hydrogen-bond donors (Lipinski definition) is 2. The Morgan fingerprint density at radius 3 is 2.45 bits per heavy atom. The Kier molecular flexibility index (Phi) is 3.47. The van der Waals surface area contributed by atoms with Crippen molar-refractivity contribution in [2.75, 3.05) is 5.73 Å². The average Bonchev–Trinajstić information content (AvgIpc) is 2.35. The van der Waals surface area contributed by atoms with Crippen molar-refractivity contribution in [1.82, 2.24) is 4.98 Å². The first kappa shape index (κ1) is 14.4. The molecule has 0 atom stereocenters. The number of aromatic hydroxyl groups is 1. The highest BCUT2D eigenvalue weighted by atomic mass is 35.5. The summed E-state index contributed by atoms with van der Waals surface area (Å²) >= 11 is 5.69. The summed E-state index contributed by atoms with van der Waals surface area (Å²) in [5.41, 5.74) is 3.44. The number of phenolic OH excluding ortho intramolecular Hbond substituents is 1. The van der Waals surface area contributed by atoms with Gasteiger partial charge in [-0.2, -0.15) is 13.2 Å². The fourth-order valence-corrected chi connectivity index (χ4v) is 1.85. The molecule has 2 rings (SSSR count). The zero-order chi connectivity index (χ0) is 15.1. The quantitative estimate of drug-likeness (QED) is 0.478. The van der Waals surface area contributed by atoms with E-state index in [2.05, 4.69) is 4.98 Å². The van der Waals surface area contributed by atoms with Gasteiger partial charge >= 0.3 is 6.18 Å². The number of rotatable bonds is 1. The van der Waals surface area contributed by atoms with Gasteiger partial charge in [0.1, 0.15) is 5.82 Å². The minimum atomic E-state index is -4.62. The zero-order valence-corrected chi connectivity index (χ0v) is 10.4. The summed E-state index contributed by atoms with van der Waals surface area (Å²) in [6.45, 7) is 0. The van der Waals surface area contributed by atoms with E-state index in [-0.39, 0.29) is 11.4 Å². The third-order valence-electron chi connectivity index (χ3n) is 2.56. The molecule has 0 saturated heterocycles. The van der Waals surface area contributed by atoms with Crippen molar-refractivity contribution in [2.45, 2.75) is 6.18 Å². The lowest BCUT2D eigenvalue weighted by molar-refractivity contribution is -0.137.